The molecule has 1 heterocycles. The number of aromatic nitrogens is 1. The van der Waals surface area contributed by atoms with E-state index in [0.717, 1.165) is 11.1 Å². The second-order valence-electron chi connectivity index (χ2n) is 4.48. The van der Waals surface area contributed by atoms with Gasteiger partial charge in [-0.25, -0.2) is 0 Å². The lowest BCUT2D eigenvalue weighted by molar-refractivity contribution is -0.165. The Morgan fingerprint density at radius 1 is 1.32 bits per heavy atom. The van der Waals surface area contributed by atoms with Crippen LogP contribution in [0.4, 0.5) is 0 Å². The van der Waals surface area contributed by atoms with Gasteiger partial charge in [0.1, 0.15) is 0 Å². The average molecular weight is 259 g/mol. The number of ketones is 1. The second kappa shape index (κ2) is 4.96. The fraction of sp³-hybridized carbons (Fsp3) is 0.400. The van der Waals surface area contributed by atoms with E-state index >= 15 is 0 Å². The fourth-order valence-corrected chi connectivity index (χ4v) is 2.69. The summed E-state index contributed by atoms with van der Waals surface area (Å²) in [6, 6.07) is 5.28. The number of pyridine rings is 1. The van der Waals surface area contributed by atoms with E-state index in [0.29, 0.717) is 18.5 Å². The molecule has 0 bridgehead atoms. The highest BCUT2D eigenvalue weighted by molar-refractivity contribution is 6.13. The lowest BCUT2D eigenvalue weighted by Crippen LogP contribution is -2.51. The number of hydrogen-bond acceptors (Lipinski definition) is 4. The van der Waals surface area contributed by atoms with Crippen LogP contribution in [0.2, 0.25) is 0 Å². The zero-order valence-corrected chi connectivity index (χ0v) is 11.4. The van der Waals surface area contributed by atoms with Crippen LogP contribution in [0.25, 0.3) is 0 Å². The molecule has 1 aliphatic carbocycles. The molecule has 1 aliphatic rings. The summed E-state index contributed by atoms with van der Waals surface area (Å²) >= 11 is 0. The maximum atomic E-state index is 12.4. The van der Waals surface area contributed by atoms with Crippen molar-refractivity contribution in [1.29, 1.82) is 0 Å². The number of carbonyl (C=O) groups excluding carboxylic acids is 2. The largest absolute Gasteiger partial charge is 0.439 e. The predicted molar refractivity (Wildman–Crippen MR) is 70.3 cm³/mol. The first-order chi connectivity index (χ1) is 9.07. The van der Waals surface area contributed by atoms with E-state index in [1.165, 1.54) is 6.92 Å². The van der Waals surface area contributed by atoms with Gasteiger partial charge in [0, 0.05) is 18.7 Å². The first kappa shape index (κ1) is 13.5. The monoisotopic (exact) mass is 259 g/mol. The predicted octanol–water partition coefficient (Wildman–Crippen LogP) is 2.54. The molecule has 0 spiro atoms. The highest BCUT2D eigenvalue weighted by Gasteiger charge is 2.57. The SMILES string of the molecule is CCC1=C(CC)C(OC(C)=O)(c2ccccn2)C1=O. The number of nitrogens with zero attached hydrogens (tertiary/aromatic N) is 1. The maximum absolute atomic E-state index is 12.4. The van der Waals surface area contributed by atoms with Gasteiger partial charge in [0.25, 0.3) is 0 Å². The Bertz CT molecular complexity index is 548. The van der Waals surface area contributed by atoms with Crippen molar-refractivity contribution in [2.24, 2.45) is 0 Å². The third-order valence-electron chi connectivity index (χ3n) is 3.41. The van der Waals surface area contributed by atoms with Crippen molar-refractivity contribution in [3.8, 4) is 0 Å². The first-order valence-electron chi connectivity index (χ1n) is 6.46. The molecule has 2 rings (SSSR count). The lowest BCUT2D eigenvalue weighted by Gasteiger charge is -2.42. The van der Waals surface area contributed by atoms with Gasteiger partial charge in [0.15, 0.2) is 0 Å². The molecular formula is C15H17NO3. The van der Waals surface area contributed by atoms with Crippen LogP contribution in [0.3, 0.4) is 0 Å². The Kier molecular flexibility index (Phi) is 3.51. The molecule has 100 valence electrons. The molecule has 0 N–H and O–H groups in total. The minimum Gasteiger partial charge on any atom is -0.439 e. The van der Waals surface area contributed by atoms with Crippen LogP contribution >= 0.6 is 0 Å². The summed E-state index contributed by atoms with van der Waals surface area (Å²) in [5, 5.41) is 0. The molecule has 1 aromatic heterocycles. The Balaban J connectivity index is 2.59. The quantitative estimate of drug-likeness (QED) is 0.780. The van der Waals surface area contributed by atoms with Crippen molar-refractivity contribution in [2.75, 3.05) is 0 Å². The standard InChI is InChI=1S/C15H17NO3/c1-4-11-12(5-2)15(14(11)18,19-10(3)17)13-8-6-7-9-16-13/h6-9H,4-5H2,1-3H3. The molecule has 1 atom stereocenters. The summed E-state index contributed by atoms with van der Waals surface area (Å²) in [7, 11) is 0. The number of ether oxygens (including phenoxy) is 1. The Hall–Kier alpha value is -1.97. The van der Waals surface area contributed by atoms with E-state index in [2.05, 4.69) is 4.98 Å². The molecule has 0 saturated heterocycles. The molecule has 0 saturated carbocycles. The average Bonchev–Trinajstić information content (AvgIpc) is 2.42. The Morgan fingerprint density at radius 2 is 2.05 bits per heavy atom. The summed E-state index contributed by atoms with van der Waals surface area (Å²) in [4.78, 5) is 28.1. The maximum Gasteiger partial charge on any atom is 0.304 e. The van der Waals surface area contributed by atoms with E-state index in [4.69, 9.17) is 4.74 Å². The normalized spacial score (nSPS) is 22.2. The minimum atomic E-state index is -1.28. The van der Waals surface area contributed by atoms with Gasteiger partial charge in [0.2, 0.25) is 11.4 Å². The zero-order chi connectivity index (χ0) is 14.0. The van der Waals surface area contributed by atoms with E-state index in [-0.39, 0.29) is 5.78 Å². The smallest absolute Gasteiger partial charge is 0.304 e. The molecule has 0 radical (unpaired) electrons. The molecule has 1 unspecified atom stereocenters. The van der Waals surface area contributed by atoms with Gasteiger partial charge in [-0.1, -0.05) is 19.9 Å². The van der Waals surface area contributed by atoms with Crippen LogP contribution in [0.15, 0.2) is 35.5 Å². The van der Waals surface area contributed by atoms with Gasteiger partial charge in [-0.3, -0.25) is 14.6 Å². The van der Waals surface area contributed by atoms with Crippen LogP contribution in [0, 0.1) is 0 Å². The number of Topliss-reactive ketones (excluding diaryl/α,β-unsaturated/α-hetero) is 1. The van der Waals surface area contributed by atoms with Crippen molar-refractivity contribution in [2.45, 2.75) is 39.2 Å². The van der Waals surface area contributed by atoms with Crippen LogP contribution in [-0.2, 0) is 19.9 Å². The van der Waals surface area contributed by atoms with Gasteiger partial charge < -0.3 is 4.74 Å². The molecular weight excluding hydrogens is 242 g/mol. The molecule has 4 heteroatoms. The number of esters is 1. The zero-order valence-electron chi connectivity index (χ0n) is 11.4. The fourth-order valence-electron chi connectivity index (χ4n) is 2.69. The highest BCUT2D eigenvalue weighted by atomic mass is 16.6. The van der Waals surface area contributed by atoms with Gasteiger partial charge in [-0.2, -0.15) is 0 Å². The van der Waals surface area contributed by atoms with Crippen molar-refractivity contribution < 1.29 is 14.3 Å². The molecule has 0 aromatic carbocycles. The van der Waals surface area contributed by atoms with Crippen molar-refractivity contribution in [3.05, 3.63) is 41.2 Å². The Labute approximate surface area is 112 Å². The first-order valence-corrected chi connectivity index (χ1v) is 6.46. The minimum absolute atomic E-state index is 0.138. The van der Waals surface area contributed by atoms with Crippen LogP contribution < -0.4 is 0 Å². The highest BCUT2D eigenvalue weighted by Crippen LogP contribution is 2.48. The van der Waals surface area contributed by atoms with E-state index in [9.17, 15) is 9.59 Å². The molecule has 1 aromatic rings. The van der Waals surface area contributed by atoms with Gasteiger partial charge >= 0.3 is 5.97 Å². The summed E-state index contributed by atoms with van der Waals surface area (Å²) in [5.74, 6) is -0.610. The molecule has 0 aliphatic heterocycles. The topological polar surface area (TPSA) is 56.3 Å². The van der Waals surface area contributed by atoms with Crippen molar-refractivity contribution >= 4 is 11.8 Å². The third kappa shape index (κ3) is 1.87. The van der Waals surface area contributed by atoms with E-state index in [1.807, 2.05) is 13.8 Å². The van der Waals surface area contributed by atoms with Crippen LogP contribution in [0.1, 0.15) is 39.3 Å². The summed E-state index contributed by atoms with van der Waals surface area (Å²) in [5.41, 5.74) is 0.834. The summed E-state index contributed by atoms with van der Waals surface area (Å²) in [6.07, 6.45) is 2.92. The Morgan fingerprint density at radius 3 is 2.53 bits per heavy atom. The van der Waals surface area contributed by atoms with Crippen molar-refractivity contribution in [3.63, 3.8) is 0 Å². The van der Waals surface area contributed by atoms with Crippen LogP contribution in [0.5, 0.6) is 0 Å². The second-order valence-corrected chi connectivity index (χ2v) is 4.48. The van der Waals surface area contributed by atoms with Gasteiger partial charge in [-0.15, -0.1) is 0 Å². The lowest BCUT2D eigenvalue weighted by atomic mass is 9.67. The molecule has 4 nitrogen and oxygen atoms in total. The molecule has 0 fully saturated rings. The molecule has 19 heavy (non-hydrogen) atoms. The third-order valence-corrected chi connectivity index (χ3v) is 3.41. The number of rotatable bonds is 4. The number of hydrogen-bond donors (Lipinski definition) is 0. The van der Waals surface area contributed by atoms with E-state index < -0.39 is 11.6 Å². The summed E-state index contributed by atoms with van der Waals surface area (Å²) in [6.45, 7) is 5.20. The van der Waals surface area contributed by atoms with Crippen molar-refractivity contribution in [1.82, 2.24) is 4.98 Å². The van der Waals surface area contributed by atoms with Crippen LogP contribution in [-0.4, -0.2) is 16.7 Å². The van der Waals surface area contributed by atoms with Gasteiger partial charge in [0.05, 0.1) is 5.69 Å². The van der Waals surface area contributed by atoms with E-state index in [1.54, 1.807) is 24.4 Å². The number of carbonyl (C=O) groups is 2. The molecule has 0 amide bonds. The summed E-state index contributed by atoms with van der Waals surface area (Å²) < 4.78 is 5.40. The van der Waals surface area contributed by atoms with Gasteiger partial charge in [-0.05, 0) is 30.5 Å².